The van der Waals surface area contributed by atoms with Gasteiger partial charge in [0.2, 0.25) is 0 Å². The first-order chi connectivity index (χ1) is 12.9. The molecule has 0 radical (unpaired) electrons. The number of thioether (sulfide) groups is 1. The number of rotatable bonds is 5. The minimum atomic E-state index is -3.86. The summed E-state index contributed by atoms with van der Waals surface area (Å²) in [5, 5.41) is 0.312. The van der Waals surface area contributed by atoms with E-state index in [1.165, 1.54) is 23.9 Å². The zero-order valence-corrected chi connectivity index (χ0v) is 17.3. The molecule has 0 aromatic heterocycles. The molecular formula is C19H21ClN2O3S2. The number of anilines is 1. The van der Waals surface area contributed by atoms with Gasteiger partial charge in [0, 0.05) is 18.0 Å². The van der Waals surface area contributed by atoms with Gasteiger partial charge in [0.25, 0.3) is 15.9 Å². The third-order valence-electron chi connectivity index (χ3n) is 4.47. The molecule has 0 spiro atoms. The normalized spacial score (nSPS) is 14.8. The van der Waals surface area contributed by atoms with Gasteiger partial charge in [-0.3, -0.25) is 9.52 Å². The van der Waals surface area contributed by atoms with E-state index in [-0.39, 0.29) is 10.8 Å². The standard InChI is InChI=1S/C19H21ClN2O3S2/c1-26-18-10-9-14(13-15(18)19(23)22-11-5-2-6-12-22)27(24,25)21-17-8-4-3-7-16(17)20/h3-4,7-10,13,21H,2,5-6,11-12H2,1H3. The molecule has 0 saturated carbocycles. The summed E-state index contributed by atoms with van der Waals surface area (Å²) in [7, 11) is -3.86. The van der Waals surface area contributed by atoms with Gasteiger partial charge in [-0.2, -0.15) is 0 Å². The molecule has 27 heavy (non-hydrogen) atoms. The Morgan fingerprint density at radius 1 is 1.11 bits per heavy atom. The van der Waals surface area contributed by atoms with E-state index in [9.17, 15) is 13.2 Å². The van der Waals surface area contributed by atoms with Gasteiger partial charge in [-0.15, -0.1) is 11.8 Å². The summed E-state index contributed by atoms with van der Waals surface area (Å²) in [5.74, 6) is -0.117. The number of nitrogens with zero attached hydrogens (tertiary/aromatic N) is 1. The number of piperidine rings is 1. The lowest BCUT2D eigenvalue weighted by Crippen LogP contribution is -2.36. The lowest BCUT2D eigenvalue weighted by Gasteiger charge is -2.27. The molecule has 1 N–H and O–H groups in total. The third kappa shape index (κ3) is 4.59. The number of benzene rings is 2. The van der Waals surface area contributed by atoms with Crippen molar-refractivity contribution in [1.82, 2.24) is 4.90 Å². The Bertz CT molecular complexity index is 942. The van der Waals surface area contributed by atoms with E-state index >= 15 is 0 Å². The lowest BCUT2D eigenvalue weighted by molar-refractivity contribution is 0.0720. The van der Waals surface area contributed by atoms with Crippen LogP contribution < -0.4 is 4.72 Å². The quantitative estimate of drug-likeness (QED) is 0.718. The molecule has 0 atom stereocenters. The van der Waals surface area contributed by atoms with Crippen molar-refractivity contribution in [2.24, 2.45) is 0 Å². The summed E-state index contributed by atoms with van der Waals surface area (Å²) in [6.07, 6.45) is 4.95. The Hall–Kier alpha value is -1.70. The highest BCUT2D eigenvalue weighted by atomic mass is 35.5. The molecule has 1 aliphatic heterocycles. The number of halogens is 1. The third-order valence-corrected chi connectivity index (χ3v) is 6.96. The summed E-state index contributed by atoms with van der Waals surface area (Å²) >= 11 is 7.49. The van der Waals surface area contributed by atoms with Crippen LogP contribution in [0.15, 0.2) is 52.3 Å². The maximum absolute atomic E-state index is 12.9. The van der Waals surface area contributed by atoms with E-state index in [0.717, 1.165) is 24.2 Å². The summed E-state index contributed by atoms with van der Waals surface area (Å²) in [6.45, 7) is 1.42. The molecule has 1 saturated heterocycles. The smallest absolute Gasteiger partial charge is 0.261 e. The summed E-state index contributed by atoms with van der Waals surface area (Å²) < 4.78 is 28.1. The van der Waals surface area contributed by atoms with Crippen molar-refractivity contribution in [1.29, 1.82) is 0 Å². The molecule has 2 aromatic carbocycles. The lowest BCUT2D eigenvalue weighted by atomic mass is 10.1. The highest BCUT2D eigenvalue weighted by Crippen LogP contribution is 2.28. The number of amides is 1. The Morgan fingerprint density at radius 2 is 1.81 bits per heavy atom. The second-order valence-corrected chi connectivity index (χ2v) is 9.24. The van der Waals surface area contributed by atoms with Crippen LogP contribution in [-0.2, 0) is 10.0 Å². The number of para-hydroxylation sites is 1. The van der Waals surface area contributed by atoms with Crippen LogP contribution in [0.5, 0.6) is 0 Å². The van der Waals surface area contributed by atoms with Crippen LogP contribution in [-0.4, -0.2) is 38.6 Å². The molecule has 0 bridgehead atoms. The van der Waals surface area contributed by atoms with Crippen LogP contribution in [0.2, 0.25) is 5.02 Å². The van der Waals surface area contributed by atoms with Gasteiger partial charge in [-0.25, -0.2) is 8.42 Å². The molecule has 0 unspecified atom stereocenters. The average Bonchev–Trinajstić information content (AvgIpc) is 2.69. The van der Waals surface area contributed by atoms with Crippen LogP contribution in [0.4, 0.5) is 5.69 Å². The van der Waals surface area contributed by atoms with Crippen molar-refractivity contribution in [2.45, 2.75) is 29.1 Å². The molecule has 0 aliphatic carbocycles. The Balaban J connectivity index is 1.94. The zero-order chi connectivity index (χ0) is 19.4. The summed E-state index contributed by atoms with van der Waals surface area (Å²) in [5.41, 5.74) is 0.725. The monoisotopic (exact) mass is 424 g/mol. The predicted octanol–water partition coefficient (Wildman–Crippen LogP) is 4.49. The molecular weight excluding hydrogens is 404 g/mol. The predicted molar refractivity (Wildman–Crippen MR) is 110 cm³/mol. The van der Waals surface area contributed by atoms with E-state index in [0.29, 0.717) is 29.4 Å². The number of carbonyl (C=O) groups is 1. The van der Waals surface area contributed by atoms with Gasteiger partial charge in [0.1, 0.15) is 0 Å². The number of hydrogen-bond donors (Lipinski definition) is 1. The van der Waals surface area contributed by atoms with Crippen molar-refractivity contribution in [3.05, 3.63) is 53.1 Å². The maximum Gasteiger partial charge on any atom is 0.261 e. The van der Waals surface area contributed by atoms with Gasteiger partial charge >= 0.3 is 0 Å². The van der Waals surface area contributed by atoms with E-state index in [2.05, 4.69) is 4.72 Å². The molecule has 5 nitrogen and oxygen atoms in total. The Labute approximate surface area is 169 Å². The van der Waals surface area contributed by atoms with Crippen molar-refractivity contribution < 1.29 is 13.2 Å². The second kappa shape index (κ2) is 8.54. The van der Waals surface area contributed by atoms with Gasteiger partial charge < -0.3 is 4.90 Å². The molecule has 144 valence electrons. The first-order valence-electron chi connectivity index (χ1n) is 8.67. The van der Waals surface area contributed by atoms with E-state index < -0.39 is 10.0 Å². The van der Waals surface area contributed by atoms with Gasteiger partial charge in [0.05, 0.1) is 21.2 Å². The fourth-order valence-electron chi connectivity index (χ4n) is 3.04. The zero-order valence-electron chi connectivity index (χ0n) is 14.9. The fraction of sp³-hybridized carbons (Fsp3) is 0.316. The molecule has 1 fully saturated rings. The average molecular weight is 425 g/mol. The van der Waals surface area contributed by atoms with Gasteiger partial charge in [-0.05, 0) is 55.9 Å². The van der Waals surface area contributed by atoms with E-state index in [1.54, 1.807) is 35.2 Å². The van der Waals surface area contributed by atoms with Crippen LogP contribution in [0.3, 0.4) is 0 Å². The van der Waals surface area contributed by atoms with Crippen LogP contribution in [0, 0.1) is 0 Å². The number of carbonyl (C=O) groups excluding carboxylic acids is 1. The molecule has 2 aromatic rings. The SMILES string of the molecule is CSc1ccc(S(=O)(=O)Nc2ccccc2Cl)cc1C(=O)N1CCCCC1. The largest absolute Gasteiger partial charge is 0.339 e. The molecule has 3 rings (SSSR count). The van der Waals surface area contributed by atoms with Crippen molar-refractivity contribution in [2.75, 3.05) is 24.1 Å². The highest BCUT2D eigenvalue weighted by molar-refractivity contribution is 7.98. The number of sulfonamides is 1. The molecule has 1 aliphatic rings. The maximum atomic E-state index is 12.9. The summed E-state index contributed by atoms with van der Waals surface area (Å²) in [4.78, 5) is 15.6. The first kappa shape index (κ1) is 20.0. The summed E-state index contributed by atoms with van der Waals surface area (Å²) in [6, 6.07) is 11.3. The van der Waals surface area contributed by atoms with Crippen molar-refractivity contribution in [3.8, 4) is 0 Å². The highest BCUT2D eigenvalue weighted by Gasteiger charge is 2.24. The molecule has 8 heteroatoms. The van der Waals surface area contributed by atoms with Gasteiger partial charge in [0.15, 0.2) is 0 Å². The molecule has 1 heterocycles. The van der Waals surface area contributed by atoms with E-state index in [4.69, 9.17) is 11.6 Å². The minimum Gasteiger partial charge on any atom is -0.339 e. The number of nitrogens with one attached hydrogen (secondary N) is 1. The topological polar surface area (TPSA) is 66.5 Å². The number of hydrogen-bond acceptors (Lipinski definition) is 4. The Kier molecular flexibility index (Phi) is 6.34. The van der Waals surface area contributed by atoms with Gasteiger partial charge in [-0.1, -0.05) is 23.7 Å². The fourth-order valence-corrected chi connectivity index (χ4v) is 4.95. The number of likely N-dealkylation sites (tertiary alicyclic amines) is 1. The minimum absolute atomic E-state index is 0.0422. The first-order valence-corrected chi connectivity index (χ1v) is 11.8. The van der Waals surface area contributed by atoms with Crippen LogP contribution in [0.25, 0.3) is 0 Å². The Morgan fingerprint density at radius 3 is 2.48 bits per heavy atom. The molecule has 1 amide bonds. The van der Waals surface area contributed by atoms with Crippen molar-refractivity contribution >= 4 is 45.0 Å². The second-order valence-electron chi connectivity index (χ2n) is 6.30. The van der Waals surface area contributed by atoms with Crippen LogP contribution >= 0.6 is 23.4 Å². The van der Waals surface area contributed by atoms with Crippen LogP contribution in [0.1, 0.15) is 29.6 Å². The van der Waals surface area contributed by atoms with E-state index in [1.807, 2.05) is 6.26 Å². The van der Waals surface area contributed by atoms with Crippen molar-refractivity contribution in [3.63, 3.8) is 0 Å².